The highest BCUT2D eigenvalue weighted by molar-refractivity contribution is 8.01. The predicted octanol–water partition coefficient (Wildman–Crippen LogP) is 3.80. The van der Waals surface area contributed by atoms with E-state index in [1.807, 2.05) is 12.1 Å². The molecule has 0 heterocycles. The summed E-state index contributed by atoms with van der Waals surface area (Å²) in [5, 5.41) is 2.03. The molecule has 0 aliphatic heterocycles. The molecular weight excluding hydrogens is 393 g/mol. The molecule has 1 aliphatic rings. The summed E-state index contributed by atoms with van der Waals surface area (Å²) in [5.74, 6) is -1.44. The quantitative estimate of drug-likeness (QED) is 0.524. The molecule has 2 aromatic carbocycles. The van der Waals surface area contributed by atoms with Crippen LogP contribution in [0.15, 0.2) is 42.5 Å². The molecular formula is C22H22FNO4S. The van der Waals surface area contributed by atoms with Gasteiger partial charge in [-0.1, -0.05) is 12.1 Å². The molecule has 5 nitrogen and oxygen atoms in total. The van der Waals surface area contributed by atoms with E-state index in [9.17, 15) is 18.8 Å². The smallest absolute Gasteiger partial charge is 0.319 e. The van der Waals surface area contributed by atoms with Crippen LogP contribution in [0.2, 0.25) is 0 Å². The van der Waals surface area contributed by atoms with Crippen LogP contribution in [0.25, 0.3) is 0 Å². The number of ether oxygens (including phenoxy) is 1. The van der Waals surface area contributed by atoms with Crippen molar-refractivity contribution in [1.29, 1.82) is 0 Å². The second kappa shape index (κ2) is 9.69. The van der Waals surface area contributed by atoms with Gasteiger partial charge in [0.25, 0.3) is 0 Å². The van der Waals surface area contributed by atoms with Crippen LogP contribution in [-0.2, 0) is 27.2 Å². The fraction of sp³-hybridized carbons (Fsp3) is 0.318. The minimum Gasteiger partial charge on any atom is -0.456 e. The monoisotopic (exact) mass is 415 g/mol. The lowest BCUT2D eigenvalue weighted by Gasteiger charge is -2.11. The highest BCUT2D eigenvalue weighted by Gasteiger charge is 2.19. The Morgan fingerprint density at radius 2 is 1.83 bits per heavy atom. The Morgan fingerprint density at radius 3 is 2.59 bits per heavy atom. The molecule has 152 valence electrons. The van der Waals surface area contributed by atoms with E-state index in [2.05, 4.69) is 5.32 Å². The van der Waals surface area contributed by atoms with Crippen LogP contribution < -0.4 is 5.32 Å². The number of Topliss-reactive ketones (excluding diaryl/α,β-unsaturated/α-hetero) is 1. The molecule has 1 aliphatic carbocycles. The number of carbonyl (C=O) groups is 3. The van der Waals surface area contributed by atoms with E-state index < -0.39 is 11.2 Å². The summed E-state index contributed by atoms with van der Waals surface area (Å²) in [4.78, 5) is 36.3. The van der Waals surface area contributed by atoms with Crippen molar-refractivity contribution in [3.8, 4) is 0 Å². The number of anilines is 1. The van der Waals surface area contributed by atoms with Gasteiger partial charge in [-0.15, -0.1) is 11.8 Å². The molecule has 29 heavy (non-hydrogen) atoms. The first-order chi connectivity index (χ1) is 13.9. The second-order valence-corrected chi connectivity index (χ2v) is 8.21. The van der Waals surface area contributed by atoms with Crippen molar-refractivity contribution in [3.05, 3.63) is 65.0 Å². The topological polar surface area (TPSA) is 72.5 Å². The van der Waals surface area contributed by atoms with Crippen molar-refractivity contribution in [2.75, 3.05) is 17.7 Å². The number of esters is 1. The van der Waals surface area contributed by atoms with Gasteiger partial charge in [0.15, 0.2) is 12.4 Å². The van der Waals surface area contributed by atoms with Crippen molar-refractivity contribution >= 4 is 35.1 Å². The van der Waals surface area contributed by atoms with Gasteiger partial charge in [0.05, 0.1) is 5.75 Å². The predicted molar refractivity (Wildman–Crippen MR) is 111 cm³/mol. The summed E-state index contributed by atoms with van der Waals surface area (Å²) in [6.45, 7) is 1.31. The van der Waals surface area contributed by atoms with Crippen molar-refractivity contribution in [2.24, 2.45) is 0 Å². The molecule has 0 bridgehead atoms. The summed E-state index contributed by atoms with van der Waals surface area (Å²) >= 11 is 1.11. The van der Waals surface area contributed by atoms with Gasteiger partial charge in [-0.25, -0.2) is 4.39 Å². The first-order valence-corrected chi connectivity index (χ1v) is 10.5. The van der Waals surface area contributed by atoms with Crippen molar-refractivity contribution in [1.82, 2.24) is 0 Å². The zero-order valence-electron chi connectivity index (χ0n) is 16.1. The maximum absolute atomic E-state index is 12.9. The van der Waals surface area contributed by atoms with Gasteiger partial charge in [0, 0.05) is 11.3 Å². The highest BCUT2D eigenvalue weighted by Crippen LogP contribution is 2.23. The number of thioether (sulfide) groups is 1. The molecule has 1 atom stereocenters. The maximum Gasteiger partial charge on any atom is 0.319 e. The van der Waals surface area contributed by atoms with Crippen molar-refractivity contribution < 1.29 is 23.5 Å². The van der Waals surface area contributed by atoms with Crippen molar-refractivity contribution in [2.45, 2.75) is 31.4 Å². The number of amides is 1. The SMILES string of the molecule is C[C@H](SCC(=O)Nc1ccc(F)cc1)C(=O)OCC(=O)c1ccc2c(c1)CCC2. The van der Waals surface area contributed by atoms with E-state index in [-0.39, 0.29) is 29.9 Å². The molecule has 3 rings (SSSR count). The number of halogens is 1. The van der Waals surface area contributed by atoms with Gasteiger partial charge in [-0.2, -0.15) is 0 Å². The summed E-state index contributed by atoms with van der Waals surface area (Å²) in [6, 6.07) is 11.0. The lowest BCUT2D eigenvalue weighted by Crippen LogP contribution is -2.23. The van der Waals surface area contributed by atoms with E-state index >= 15 is 0 Å². The number of carbonyl (C=O) groups excluding carboxylic acids is 3. The zero-order chi connectivity index (χ0) is 20.8. The van der Waals surface area contributed by atoms with Crippen LogP contribution in [0.1, 0.15) is 34.8 Å². The fourth-order valence-corrected chi connectivity index (χ4v) is 3.76. The highest BCUT2D eigenvalue weighted by atomic mass is 32.2. The third-order valence-electron chi connectivity index (χ3n) is 4.69. The number of aryl methyl sites for hydroxylation is 2. The van der Waals surface area contributed by atoms with E-state index in [0.717, 1.165) is 31.0 Å². The fourth-order valence-electron chi connectivity index (χ4n) is 3.08. The lowest BCUT2D eigenvalue weighted by atomic mass is 10.0. The third-order valence-corrected chi connectivity index (χ3v) is 5.81. The number of nitrogens with one attached hydrogen (secondary N) is 1. The molecule has 0 aromatic heterocycles. The standard InChI is InChI=1S/C22H22FNO4S/c1-14(29-13-21(26)24-19-9-7-18(23)8-10-19)22(27)28-12-20(25)17-6-5-15-3-2-4-16(15)11-17/h5-11,14H,2-4,12-13H2,1H3,(H,24,26)/t14-/m0/s1. The Bertz CT molecular complexity index is 914. The van der Waals surface area contributed by atoms with Crippen LogP contribution in [-0.4, -0.2) is 35.3 Å². The summed E-state index contributed by atoms with van der Waals surface area (Å²) in [7, 11) is 0. The van der Waals surface area contributed by atoms with Crippen LogP contribution >= 0.6 is 11.8 Å². The first kappa shape index (κ1) is 21.0. The Hall–Kier alpha value is -2.67. The maximum atomic E-state index is 12.9. The Kier molecular flexibility index (Phi) is 7.04. The number of hydrogen-bond donors (Lipinski definition) is 1. The minimum absolute atomic E-state index is 0.0341. The average Bonchev–Trinajstić information content (AvgIpc) is 3.19. The first-order valence-electron chi connectivity index (χ1n) is 9.41. The number of benzene rings is 2. The lowest BCUT2D eigenvalue weighted by molar-refractivity contribution is -0.141. The van der Waals surface area contributed by atoms with Crippen LogP contribution in [0.4, 0.5) is 10.1 Å². The van der Waals surface area contributed by atoms with Crippen LogP contribution in [0, 0.1) is 5.82 Å². The van der Waals surface area contributed by atoms with Gasteiger partial charge < -0.3 is 10.1 Å². The van der Waals surface area contributed by atoms with Crippen LogP contribution in [0.5, 0.6) is 0 Å². The summed E-state index contributed by atoms with van der Waals surface area (Å²) in [5.41, 5.74) is 3.50. The van der Waals surface area contributed by atoms with E-state index in [0.29, 0.717) is 11.3 Å². The normalized spacial score (nSPS) is 13.4. The van der Waals surface area contributed by atoms with Gasteiger partial charge in [0.1, 0.15) is 11.1 Å². The van der Waals surface area contributed by atoms with Gasteiger partial charge in [0.2, 0.25) is 5.91 Å². The summed E-state index contributed by atoms with van der Waals surface area (Å²) < 4.78 is 18.0. The average molecular weight is 415 g/mol. The number of hydrogen-bond acceptors (Lipinski definition) is 5. The van der Waals surface area contributed by atoms with Gasteiger partial charge >= 0.3 is 5.97 Å². The molecule has 0 saturated heterocycles. The van der Waals surface area contributed by atoms with Gasteiger partial charge in [-0.05, 0) is 67.6 Å². The third kappa shape index (κ3) is 5.90. The molecule has 0 spiro atoms. The molecule has 0 radical (unpaired) electrons. The second-order valence-electron chi connectivity index (χ2n) is 6.88. The molecule has 0 saturated carbocycles. The van der Waals surface area contributed by atoms with E-state index in [1.165, 1.54) is 35.4 Å². The zero-order valence-corrected chi connectivity index (χ0v) is 16.9. The molecule has 0 fully saturated rings. The molecule has 0 unspecified atom stereocenters. The van der Waals surface area contributed by atoms with E-state index in [1.54, 1.807) is 13.0 Å². The number of rotatable bonds is 8. The molecule has 7 heteroatoms. The van der Waals surface area contributed by atoms with Crippen molar-refractivity contribution in [3.63, 3.8) is 0 Å². The number of ketones is 1. The Labute approximate surface area is 173 Å². The molecule has 1 amide bonds. The number of fused-ring (bicyclic) bond motifs is 1. The molecule has 1 N–H and O–H groups in total. The van der Waals surface area contributed by atoms with Crippen LogP contribution in [0.3, 0.4) is 0 Å². The Balaban J connectivity index is 1.41. The largest absolute Gasteiger partial charge is 0.456 e. The van der Waals surface area contributed by atoms with E-state index in [4.69, 9.17) is 4.74 Å². The Morgan fingerprint density at radius 1 is 1.10 bits per heavy atom. The molecule has 2 aromatic rings. The summed E-state index contributed by atoms with van der Waals surface area (Å²) in [6.07, 6.45) is 3.12. The minimum atomic E-state index is -0.596. The van der Waals surface area contributed by atoms with Gasteiger partial charge in [-0.3, -0.25) is 14.4 Å².